The van der Waals surface area contributed by atoms with Gasteiger partial charge in [-0.3, -0.25) is 9.59 Å². The van der Waals surface area contributed by atoms with Gasteiger partial charge in [-0.15, -0.1) is 0 Å². The molecule has 7 heteroatoms. The lowest BCUT2D eigenvalue weighted by atomic mass is 10.1. The van der Waals surface area contributed by atoms with Crippen LogP contribution in [0.15, 0.2) is 46.9 Å². The van der Waals surface area contributed by atoms with Gasteiger partial charge in [-0.25, -0.2) is 0 Å². The van der Waals surface area contributed by atoms with Crippen molar-refractivity contribution in [2.24, 2.45) is 0 Å². The molecule has 0 saturated carbocycles. The fourth-order valence-corrected chi connectivity index (χ4v) is 3.84. The van der Waals surface area contributed by atoms with Crippen LogP contribution in [0.1, 0.15) is 46.4 Å². The number of hydrogen-bond acceptors (Lipinski definition) is 4. The van der Waals surface area contributed by atoms with Crippen LogP contribution in [0.3, 0.4) is 0 Å². The molecule has 0 bridgehead atoms. The molecule has 0 spiro atoms. The summed E-state index contributed by atoms with van der Waals surface area (Å²) in [6.07, 6.45) is 4.49. The van der Waals surface area contributed by atoms with Gasteiger partial charge < -0.3 is 19.7 Å². The highest BCUT2D eigenvalue weighted by atomic mass is 79.9. The molecule has 0 aromatic heterocycles. The first-order chi connectivity index (χ1) is 14.6. The highest BCUT2D eigenvalue weighted by molar-refractivity contribution is 9.10. The fraction of sp³-hybridized carbons (Fsp3) is 0.391. The van der Waals surface area contributed by atoms with Gasteiger partial charge in [-0.05, 0) is 71.2 Å². The van der Waals surface area contributed by atoms with Crippen LogP contribution in [0.4, 0.5) is 5.69 Å². The second-order valence-corrected chi connectivity index (χ2v) is 8.08. The molecule has 1 aliphatic heterocycles. The van der Waals surface area contributed by atoms with Crippen molar-refractivity contribution >= 4 is 33.4 Å². The number of methoxy groups -OCH3 is 1. The van der Waals surface area contributed by atoms with Crippen molar-refractivity contribution in [3.8, 4) is 5.75 Å². The molecule has 2 amide bonds. The number of nitrogens with zero attached hydrogens (tertiary/aromatic N) is 1. The molecule has 0 unspecified atom stereocenters. The fourth-order valence-electron chi connectivity index (χ4n) is 3.35. The van der Waals surface area contributed by atoms with Gasteiger partial charge in [0.1, 0.15) is 12.4 Å². The maximum Gasteiger partial charge on any atom is 0.255 e. The van der Waals surface area contributed by atoms with E-state index in [1.807, 2.05) is 4.90 Å². The second kappa shape index (κ2) is 11.1. The van der Waals surface area contributed by atoms with E-state index in [4.69, 9.17) is 9.47 Å². The number of carbonyl (C=O) groups excluding carboxylic acids is 2. The van der Waals surface area contributed by atoms with Crippen LogP contribution in [0.2, 0.25) is 0 Å². The summed E-state index contributed by atoms with van der Waals surface area (Å²) in [5.74, 6) is 0.480. The zero-order valence-electron chi connectivity index (χ0n) is 17.2. The van der Waals surface area contributed by atoms with Crippen molar-refractivity contribution in [3.63, 3.8) is 0 Å². The third-order valence-corrected chi connectivity index (χ3v) is 5.64. The highest BCUT2D eigenvalue weighted by Crippen LogP contribution is 2.26. The second-order valence-electron chi connectivity index (χ2n) is 7.22. The summed E-state index contributed by atoms with van der Waals surface area (Å²) < 4.78 is 11.2. The SMILES string of the molecule is COCCOc1ccc(C(=O)Nc2ccc(C(=O)N3CCCCCC3)cc2)cc1Br. The average Bonchev–Trinajstić information content (AvgIpc) is 3.04. The minimum absolute atomic E-state index is 0.0581. The van der Waals surface area contributed by atoms with E-state index in [1.54, 1.807) is 49.6 Å². The van der Waals surface area contributed by atoms with Crippen molar-refractivity contribution < 1.29 is 19.1 Å². The summed E-state index contributed by atoms with van der Waals surface area (Å²) in [4.78, 5) is 27.2. The van der Waals surface area contributed by atoms with Crippen LogP contribution in [-0.2, 0) is 4.74 Å². The van der Waals surface area contributed by atoms with E-state index >= 15 is 0 Å². The van der Waals surface area contributed by atoms with Crippen LogP contribution in [0.25, 0.3) is 0 Å². The number of ether oxygens (including phenoxy) is 2. The molecular formula is C23H27BrN2O4. The number of anilines is 1. The number of benzene rings is 2. The van der Waals surface area contributed by atoms with E-state index in [2.05, 4.69) is 21.2 Å². The summed E-state index contributed by atoms with van der Waals surface area (Å²) in [6, 6.07) is 12.2. The van der Waals surface area contributed by atoms with Crippen molar-refractivity contribution in [3.05, 3.63) is 58.1 Å². The molecule has 0 aliphatic carbocycles. The molecule has 2 aromatic rings. The molecule has 3 rings (SSSR count). The lowest BCUT2D eigenvalue weighted by Gasteiger charge is -2.20. The maximum atomic E-state index is 12.7. The van der Waals surface area contributed by atoms with Crippen LogP contribution in [0.5, 0.6) is 5.75 Å². The number of hydrogen-bond donors (Lipinski definition) is 1. The lowest BCUT2D eigenvalue weighted by Crippen LogP contribution is -2.31. The predicted molar refractivity (Wildman–Crippen MR) is 120 cm³/mol. The van der Waals surface area contributed by atoms with Crippen molar-refractivity contribution in [2.75, 3.05) is 38.7 Å². The van der Waals surface area contributed by atoms with Crippen LogP contribution in [0, 0.1) is 0 Å². The lowest BCUT2D eigenvalue weighted by molar-refractivity contribution is 0.0761. The monoisotopic (exact) mass is 474 g/mol. The first-order valence-corrected chi connectivity index (χ1v) is 11.0. The van der Waals surface area contributed by atoms with E-state index in [0.717, 1.165) is 25.9 Å². The molecule has 1 heterocycles. The van der Waals surface area contributed by atoms with E-state index in [0.29, 0.717) is 40.3 Å². The average molecular weight is 475 g/mol. The standard InChI is InChI=1S/C23H27BrN2O4/c1-29-14-15-30-21-11-8-18(16-20(21)24)22(27)25-19-9-6-17(7-10-19)23(28)26-12-4-2-3-5-13-26/h6-11,16H,2-5,12-15H2,1H3,(H,25,27). The Labute approximate surface area is 185 Å². The van der Waals surface area contributed by atoms with Gasteiger partial charge in [-0.1, -0.05) is 12.8 Å². The number of rotatable bonds is 7. The van der Waals surface area contributed by atoms with Crippen molar-refractivity contribution in [2.45, 2.75) is 25.7 Å². The zero-order valence-corrected chi connectivity index (χ0v) is 18.7. The van der Waals surface area contributed by atoms with Crippen LogP contribution >= 0.6 is 15.9 Å². The normalized spacial score (nSPS) is 14.1. The summed E-state index contributed by atoms with van der Waals surface area (Å²) in [7, 11) is 1.61. The smallest absolute Gasteiger partial charge is 0.255 e. The van der Waals surface area contributed by atoms with Gasteiger partial charge in [0.05, 0.1) is 11.1 Å². The summed E-state index contributed by atoms with van der Waals surface area (Å²) >= 11 is 3.43. The Morgan fingerprint density at radius 3 is 2.27 bits per heavy atom. The van der Waals surface area contributed by atoms with E-state index in [9.17, 15) is 9.59 Å². The Kier molecular flexibility index (Phi) is 8.28. The number of halogens is 1. The Bertz CT molecular complexity index is 862. The Morgan fingerprint density at radius 1 is 0.967 bits per heavy atom. The molecule has 0 atom stereocenters. The van der Waals surface area contributed by atoms with Gasteiger partial charge >= 0.3 is 0 Å². The minimum atomic E-state index is -0.231. The maximum absolute atomic E-state index is 12.7. The molecule has 0 radical (unpaired) electrons. The Morgan fingerprint density at radius 2 is 1.63 bits per heavy atom. The van der Waals surface area contributed by atoms with Crippen molar-refractivity contribution in [1.29, 1.82) is 0 Å². The summed E-state index contributed by atoms with van der Waals surface area (Å²) in [5, 5.41) is 2.87. The topological polar surface area (TPSA) is 67.9 Å². The van der Waals surface area contributed by atoms with Crippen LogP contribution in [-0.4, -0.2) is 50.1 Å². The van der Waals surface area contributed by atoms with Crippen molar-refractivity contribution in [1.82, 2.24) is 4.90 Å². The van der Waals surface area contributed by atoms with Gasteiger partial charge in [0.25, 0.3) is 11.8 Å². The van der Waals surface area contributed by atoms with Gasteiger partial charge in [0, 0.05) is 37.0 Å². The Balaban J connectivity index is 1.60. The molecule has 160 valence electrons. The van der Waals surface area contributed by atoms with E-state index < -0.39 is 0 Å². The molecular weight excluding hydrogens is 448 g/mol. The molecule has 2 aromatic carbocycles. The number of nitrogens with one attached hydrogen (secondary N) is 1. The van der Waals surface area contributed by atoms with Gasteiger partial charge in [0.15, 0.2) is 0 Å². The number of carbonyl (C=O) groups is 2. The molecule has 1 saturated heterocycles. The number of amides is 2. The zero-order chi connectivity index (χ0) is 21.3. The molecule has 1 aliphatic rings. The van der Waals surface area contributed by atoms with E-state index in [-0.39, 0.29) is 11.8 Å². The molecule has 1 N–H and O–H groups in total. The summed E-state index contributed by atoms with van der Waals surface area (Å²) in [6.45, 7) is 2.56. The Hall–Kier alpha value is -2.38. The van der Waals surface area contributed by atoms with Gasteiger partial charge in [0.2, 0.25) is 0 Å². The first-order valence-electron chi connectivity index (χ1n) is 10.2. The molecule has 6 nitrogen and oxygen atoms in total. The summed E-state index contributed by atoms with van der Waals surface area (Å²) in [5.41, 5.74) is 1.80. The largest absolute Gasteiger partial charge is 0.490 e. The van der Waals surface area contributed by atoms with Gasteiger partial charge in [-0.2, -0.15) is 0 Å². The third kappa shape index (κ3) is 6.06. The number of likely N-dealkylation sites (tertiary alicyclic amines) is 1. The predicted octanol–water partition coefficient (Wildman–Crippen LogP) is 4.74. The third-order valence-electron chi connectivity index (χ3n) is 5.02. The van der Waals surface area contributed by atoms with E-state index in [1.165, 1.54) is 12.8 Å². The van der Waals surface area contributed by atoms with Crippen LogP contribution < -0.4 is 10.1 Å². The highest BCUT2D eigenvalue weighted by Gasteiger charge is 2.17. The quantitative estimate of drug-likeness (QED) is 0.588. The molecule has 30 heavy (non-hydrogen) atoms. The minimum Gasteiger partial charge on any atom is -0.490 e. The molecule has 1 fully saturated rings. The first kappa shape index (κ1) is 22.3.